The molecular formula is C13H18ClNO3S. The van der Waals surface area contributed by atoms with Crippen molar-refractivity contribution in [1.82, 2.24) is 4.90 Å². The quantitative estimate of drug-likeness (QED) is 0.804. The lowest BCUT2D eigenvalue weighted by molar-refractivity contribution is 0.0772. The van der Waals surface area contributed by atoms with Gasteiger partial charge < -0.3 is 4.90 Å². The van der Waals surface area contributed by atoms with Gasteiger partial charge in [0.25, 0.3) is 15.0 Å². The van der Waals surface area contributed by atoms with Gasteiger partial charge in [-0.1, -0.05) is 0 Å². The molecule has 0 unspecified atom stereocenters. The first-order chi connectivity index (χ1) is 8.72. The molecule has 0 bridgehead atoms. The fraction of sp³-hybridized carbons (Fsp3) is 0.462. The second-order valence-corrected chi connectivity index (χ2v) is 6.87. The average molecular weight is 304 g/mol. The number of amides is 1. The molecule has 0 radical (unpaired) electrons. The topological polar surface area (TPSA) is 54.5 Å². The predicted molar refractivity (Wildman–Crippen MR) is 76.2 cm³/mol. The standard InChI is InChI=1S/C13H18ClNO3S/c1-5-15(6-2)13(16)11-7-9(3)10(4)12(8-11)19(14,17)18/h7-8H,5-6H2,1-4H3. The normalized spacial score (nSPS) is 11.4. The molecule has 0 aliphatic rings. The van der Waals surface area contributed by atoms with Crippen LogP contribution in [0.5, 0.6) is 0 Å². The second kappa shape index (κ2) is 5.92. The molecule has 1 aromatic carbocycles. The van der Waals surface area contributed by atoms with E-state index in [9.17, 15) is 13.2 Å². The molecule has 1 rings (SSSR count). The predicted octanol–water partition coefficient (Wildman–Crippen LogP) is 2.71. The summed E-state index contributed by atoms with van der Waals surface area (Å²) in [5.74, 6) is -0.185. The lowest BCUT2D eigenvalue weighted by Gasteiger charge is -2.19. The third-order valence-electron chi connectivity index (χ3n) is 3.18. The third-order valence-corrected chi connectivity index (χ3v) is 4.63. The van der Waals surface area contributed by atoms with Crippen molar-refractivity contribution in [2.24, 2.45) is 0 Å². The van der Waals surface area contributed by atoms with Crippen LogP contribution in [0.25, 0.3) is 0 Å². The minimum absolute atomic E-state index is 0.00433. The molecule has 106 valence electrons. The van der Waals surface area contributed by atoms with Crippen molar-refractivity contribution in [2.75, 3.05) is 13.1 Å². The maximum absolute atomic E-state index is 12.2. The first kappa shape index (κ1) is 16.0. The molecule has 19 heavy (non-hydrogen) atoms. The van der Waals surface area contributed by atoms with Crippen LogP contribution in [-0.2, 0) is 9.05 Å². The Hall–Kier alpha value is -1.07. The van der Waals surface area contributed by atoms with Gasteiger partial charge in [-0.3, -0.25) is 4.79 Å². The largest absolute Gasteiger partial charge is 0.339 e. The lowest BCUT2D eigenvalue weighted by atomic mass is 10.1. The number of hydrogen-bond acceptors (Lipinski definition) is 3. The van der Waals surface area contributed by atoms with E-state index in [2.05, 4.69) is 0 Å². The molecule has 0 saturated heterocycles. The summed E-state index contributed by atoms with van der Waals surface area (Å²) in [6.07, 6.45) is 0. The monoisotopic (exact) mass is 303 g/mol. The minimum atomic E-state index is -3.85. The van der Waals surface area contributed by atoms with E-state index in [1.165, 1.54) is 6.07 Å². The zero-order valence-corrected chi connectivity index (χ0v) is 13.1. The highest BCUT2D eigenvalue weighted by molar-refractivity contribution is 8.13. The fourth-order valence-corrected chi connectivity index (χ4v) is 3.17. The molecule has 0 aliphatic carbocycles. The van der Waals surface area contributed by atoms with Crippen LogP contribution in [0.4, 0.5) is 0 Å². The second-order valence-electron chi connectivity index (χ2n) is 4.33. The number of nitrogens with zero attached hydrogens (tertiary/aromatic N) is 1. The van der Waals surface area contributed by atoms with Crippen LogP contribution in [0.2, 0.25) is 0 Å². The first-order valence-electron chi connectivity index (χ1n) is 6.07. The Morgan fingerprint density at radius 1 is 1.21 bits per heavy atom. The van der Waals surface area contributed by atoms with Gasteiger partial charge in [0, 0.05) is 29.3 Å². The maximum atomic E-state index is 12.2. The summed E-state index contributed by atoms with van der Waals surface area (Å²) in [6.45, 7) is 8.34. The Balaban J connectivity index is 3.40. The zero-order chi connectivity index (χ0) is 14.8. The number of benzene rings is 1. The molecule has 0 aromatic heterocycles. The number of carbonyl (C=O) groups excluding carboxylic acids is 1. The molecule has 6 heteroatoms. The van der Waals surface area contributed by atoms with Gasteiger partial charge in [0.2, 0.25) is 0 Å². The van der Waals surface area contributed by atoms with Crippen molar-refractivity contribution in [2.45, 2.75) is 32.6 Å². The molecule has 0 heterocycles. The summed E-state index contributed by atoms with van der Waals surface area (Å²) in [5, 5.41) is 0. The van der Waals surface area contributed by atoms with E-state index >= 15 is 0 Å². The smallest absolute Gasteiger partial charge is 0.261 e. The summed E-state index contributed by atoms with van der Waals surface area (Å²) in [6, 6.07) is 3.05. The Labute approximate surface area is 118 Å². The zero-order valence-electron chi connectivity index (χ0n) is 11.5. The van der Waals surface area contributed by atoms with Crippen LogP contribution in [-0.4, -0.2) is 32.3 Å². The van der Waals surface area contributed by atoms with Crippen molar-refractivity contribution in [3.63, 3.8) is 0 Å². The summed E-state index contributed by atoms with van der Waals surface area (Å²) in [4.78, 5) is 13.9. The van der Waals surface area contributed by atoms with Gasteiger partial charge in [-0.25, -0.2) is 8.42 Å². The van der Waals surface area contributed by atoms with Crippen LogP contribution < -0.4 is 0 Å². The maximum Gasteiger partial charge on any atom is 0.261 e. The summed E-state index contributed by atoms with van der Waals surface area (Å²) in [5.41, 5.74) is 1.66. The number of hydrogen-bond donors (Lipinski definition) is 0. The summed E-state index contributed by atoms with van der Waals surface area (Å²) < 4.78 is 23.1. The molecule has 0 spiro atoms. The highest BCUT2D eigenvalue weighted by atomic mass is 35.7. The SMILES string of the molecule is CCN(CC)C(=O)c1cc(C)c(C)c(S(=O)(=O)Cl)c1. The van der Waals surface area contributed by atoms with E-state index < -0.39 is 9.05 Å². The third kappa shape index (κ3) is 3.48. The van der Waals surface area contributed by atoms with E-state index in [0.29, 0.717) is 24.2 Å². The molecular weight excluding hydrogens is 286 g/mol. The van der Waals surface area contributed by atoms with Crippen LogP contribution in [0.15, 0.2) is 17.0 Å². The highest BCUT2D eigenvalue weighted by Crippen LogP contribution is 2.24. The molecule has 1 amide bonds. The van der Waals surface area contributed by atoms with E-state index in [4.69, 9.17) is 10.7 Å². The number of halogens is 1. The van der Waals surface area contributed by atoms with Crippen molar-refractivity contribution < 1.29 is 13.2 Å². The van der Waals surface area contributed by atoms with E-state index in [1.54, 1.807) is 24.8 Å². The molecule has 1 aromatic rings. The molecule has 4 nitrogen and oxygen atoms in total. The van der Waals surface area contributed by atoms with Crippen LogP contribution in [0, 0.1) is 13.8 Å². The number of rotatable bonds is 4. The Kier molecular flexibility index (Phi) is 4.98. The van der Waals surface area contributed by atoms with Gasteiger partial charge in [0.1, 0.15) is 0 Å². The van der Waals surface area contributed by atoms with Gasteiger partial charge in [-0.2, -0.15) is 0 Å². The average Bonchev–Trinajstić information content (AvgIpc) is 2.32. The molecule has 0 N–H and O–H groups in total. The van der Waals surface area contributed by atoms with E-state index in [0.717, 1.165) is 5.56 Å². The Morgan fingerprint density at radius 3 is 2.16 bits per heavy atom. The van der Waals surface area contributed by atoms with Crippen molar-refractivity contribution >= 4 is 25.6 Å². The molecule has 0 saturated carbocycles. The Bertz CT molecular complexity index is 592. The highest BCUT2D eigenvalue weighted by Gasteiger charge is 2.20. The number of aryl methyl sites for hydroxylation is 1. The van der Waals surface area contributed by atoms with E-state index in [-0.39, 0.29) is 10.8 Å². The van der Waals surface area contributed by atoms with Crippen LogP contribution >= 0.6 is 10.7 Å². The van der Waals surface area contributed by atoms with Gasteiger partial charge in [0.15, 0.2) is 0 Å². The van der Waals surface area contributed by atoms with Gasteiger partial charge in [0.05, 0.1) is 4.90 Å². The lowest BCUT2D eigenvalue weighted by Crippen LogP contribution is -2.30. The first-order valence-corrected chi connectivity index (χ1v) is 8.38. The number of carbonyl (C=O) groups is 1. The summed E-state index contributed by atoms with van der Waals surface area (Å²) >= 11 is 0. The summed E-state index contributed by atoms with van der Waals surface area (Å²) in [7, 11) is 1.56. The van der Waals surface area contributed by atoms with Crippen LogP contribution in [0.1, 0.15) is 35.3 Å². The fourth-order valence-electron chi connectivity index (χ4n) is 1.90. The van der Waals surface area contributed by atoms with Crippen LogP contribution in [0.3, 0.4) is 0 Å². The van der Waals surface area contributed by atoms with Crippen molar-refractivity contribution in [3.05, 3.63) is 28.8 Å². The van der Waals surface area contributed by atoms with Gasteiger partial charge in [-0.05, 0) is 51.0 Å². The van der Waals surface area contributed by atoms with E-state index in [1.807, 2.05) is 13.8 Å². The van der Waals surface area contributed by atoms with Crippen molar-refractivity contribution in [1.29, 1.82) is 0 Å². The van der Waals surface area contributed by atoms with Crippen molar-refractivity contribution in [3.8, 4) is 0 Å². The van der Waals surface area contributed by atoms with Gasteiger partial charge >= 0.3 is 0 Å². The minimum Gasteiger partial charge on any atom is -0.339 e. The Morgan fingerprint density at radius 2 is 1.74 bits per heavy atom. The molecule has 0 aliphatic heterocycles. The molecule has 0 fully saturated rings. The van der Waals surface area contributed by atoms with Gasteiger partial charge in [-0.15, -0.1) is 0 Å². The molecule has 0 atom stereocenters.